The van der Waals surface area contributed by atoms with Gasteiger partial charge >= 0.3 is 0 Å². The van der Waals surface area contributed by atoms with E-state index in [0.29, 0.717) is 6.61 Å². The van der Waals surface area contributed by atoms with E-state index in [1.165, 1.54) is 0 Å². The molecule has 1 unspecified atom stereocenters. The van der Waals surface area contributed by atoms with Crippen LogP contribution in [0.15, 0.2) is 30.7 Å². The molecule has 0 saturated heterocycles. The van der Waals surface area contributed by atoms with E-state index in [-0.39, 0.29) is 6.04 Å². The molecule has 0 aliphatic carbocycles. The van der Waals surface area contributed by atoms with Crippen LogP contribution in [-0.2, 0) is 7.05 Å². The second kappa shape index (κ2) is 7.05. The maximum absolute atomic E-state index is 5.65. The van der Waals surface area contributed by atoms with Crippen LogP contribution >= 0.6 is 0 Å². The highest BCUT2D eigenvalue weighted by Crippen LogP contribution is 2.23. The highest BCUT2D eigenvalue weighted by molar-refractivity contribution is 5.31. The predicted molar refractivity (Wildman–Crippen MR) is 78.8 cm³/mol. The summed E-state index contributed by atoms with van der Waals surface area (Å²) in [6, 6.07) is 4.09. The number of hydrogen-bond acceptors (Lipinski definition) is 4. The van der Waals surface area contributed by atoms with Crippen LogP contribution in [0, 0.1) is 0 Å². The number of aryl methyl sites for hydroxylation is 1. The predicted octanol–water partition coefficient (Wildman–Crippen LogP) is 2.30. The molecular formula is C15H22N4O. The fraction of sp³-hybridized carbons (Fsp3) is 0.467. The molecule has 5 nitrogen and oxygen atoms in total. The van der Waals surface area contributed by atoms with Crippen LogP contribution in [0.25, 0.3) is 0 Å². The molecular weight excluding hydrogens is 252 g/mol. The standard InChI is InChI=1S/C15H22N4O/c1-4-8-20-13-9-12(10-16-11-13)15(17-5-2)14-6-7-19(3)18-14/h6-7,9-11,15,17H,4-5,8H2,1-3H3. The van der Waals surface area contributed by atoms with E-state index >= 15 is 0 Å². The van der Waals surface area contributed by atoms with Crippen LogP contribution in [0.5, 0.6) is 5.75 Å². The van der Waals surface area contributed by atoms with Crippen molar-refractivity contribution in [3.05, 3.63) is 42.0 Å². The minimum Gasteiger partial charge on any atom is -0.492 e. The summed E-state index contributed by atoms with van der Waals surface area (Å²) in [5.41, 5.74) is 2.06. The highest BCUT2D eigenvalue weighted by atomic mass is 16.5. The third-order valence-corrected chi connectivity index (χ3v) is 2.98. The van der Waals surface area contributed by atoms with Crippen LogP contribution < -0.4 is 10.1 Å². The summed E-state index contributed by atoms with van der Waals surface area (Å²) in [7, 11) is 1.92. The molecule has 0 aliphatic rings. The summed E-state index contributed by atoms with van der Waals surface area (Å²) < 4.78 is 7.46. The molecule has 0 aliphatic heterocycles. The van der Waals surface area contributed by atoms with Crippen molar-refractivity contribution >= 4 is 0 Å². The molecule has 1 N–H and O–H groups in total. The van der Waals surface area contributed by atoms with E-state index in [1.54, 1.807) is 6.20 Å². The second-order valence-electron chi connectivity index (χ2n) is 4.71. The molecule has 0 aromatic carbocycles. The van der Waals surface area contributed by atoms with Gasteiger partial charge in [0.25, 0.3) is 0 Å². The lowest BCUT2D eigenvalue weighted by Crippen LogP contribution is -2.22. The molecule has 0 fully saturated rings. The van der Waals surface area contributed by atoms with Gasteiger partial charge in [0.15, 0.2) is 0 Å². The number of aromatic nitrogens is 3. The third-order valence-electron chi connectivity index (χ3n) is 2.98. The molecule has 2 heterocycles. The molecule has 2 rings (SSSR count). The van der Waals surface area contributed by atoms with Gasteiger partial charge < -0.3 is 10.1 Å². The van der Waals surface area contributed by atoms with Gasteiger partial charge in [-0.2, -0.15) is 5.10 Å². The Morgan fingerprint density at radius 3 is 2.85 bits per heavy atom. The Morgan fingerprint density at radius 1 is 1.35 bits per heavy atom. The lowest BCUT2D eigenvalue weighted by atomic mass is 10.1. The molecule has 0 radical (unpaired) electrons. The summed E-state index contributed by atoms with van der Waals surface area (Å²) in [4.78, 5) is 4.27. The molecule has 2 aromatic rings. The van der Waals surface area contributed by atoms with Gasteiger partial charge in [-0.3, -0.25) is 9.67 Å². The summed E-state index contributed by atoms with van der Waals surface area (Å²) in [6.45, 7) is 5.75. The van der Waals surface area contributed by atoms with Crippen molar-refractivity contribution in [1.29, 1.82) is 0 Å². The minimum atomic E-state index is 0.0406. The molecule has 0 saturated carbocycles. The van der Waals surface area contributed by atoms with Crippen LogP contribution in [0.2, 0.25) is 0 Å². The number of nitrogens with one attached hydrogen (secondary N) is 1. The van der Waals surface area contributed by atoms with Crippen molar-refractivity contribution in [3.8, 4) is 5.75 Å². The van der Waals surface area contributed by atoms with Gasteiger partial charge in [0.1, 0.15) is 5.75 Å². The van der Waals surface area contributed by atoms with E-state index < -0.39 is 0 Å². The summed E-state index contributed by atoms with van der Waals surface area (Å²) in [6.07, 6.45) is 6.55. The number of hydrogen-bond donors (Lipinski definition) is 1. The SMILES string of the molecule is CCCOc1cncc(C(NCC)c2ccn(C)n2)c1. The smallest absolute Gasteiger partial charge is 0.137 e. The van der Waals surface area contributed by atoms with Crippen LogP contribution in [0.4, 0.5) is 0 Å². The average Bonchev–Trinajstić information content (AvgIpc) is 2.89. The first-order valence-corrected chi connectivity index (χ1v) is 7.05. The van der Waals surface area contributed by atoms with Crippen LogP contribution in [0.3, 0.4) is 0 Å². The maximum Gasteiger partial charge on any atom is 0.137 e. The lowest BCUT2D eigenvalue weighted by molar-refractivity contribution is 0.315. The van der Waals surface area contributed by atoms with E-state index in [1.807, 2.05) is 36.3 Å². The van der Waals surface area contributed by atoms with Gasteiger partial charge in [0.2, 0.25) is 0 Å². The van der Waals surface area contributed by atoms with E-state index in [0.717, 1.165) is 30.0 Å². The molecule has 0 spiro atoms. The Balaban J connectivity index is 2.24. The molecule has 0 bridgehead atoms. The Bertz CT molecular complexity index is 538. The largest absolute Gasteiger partial charge is 0.492 e. The normalized spacial score (nSPS) is 12.3. The molecule has 2 aromatic heterocycles. The highest BCUT2D eigenvalue weighted by Gasteiger charge is 2.16. The first-order chi connectivity index (χ1) is 9.74. The Kier molecular flexibility index (Phi) is 5.12. The topological polar surface area (TPSA) is 52.0 Å². The van der Waals surface area contributed by atoms with Gasteiger partial charge in [-0.15, -0.1) is 0 Å². The van der Waals surface area contributed by atoms with Crippen LogP contribution in [-0.4, -0.2) is 27.9 Å². The van der Waals surface area contributed by atoms with Crippen LogP contribution in [0.1, 0.15) is 37.6 Å². The summed E-state index contributed by atoms with van der Waals surface area (Å²) >= 11 is 0. The first kappa shape index (κ1) is 14.5. The fourth-order valence-electron chi connectivity index (χ4n) is 2.08. The van der Waals surface area contributed by atoms with Crippen molar-refractivity contribution in [3.63, 3.8) is 0 Å². The molecule has 108 valence electrons. The first-order valence-electron chi connectivity index (χ1n) is 7.05. The second-order valence-corrected chi connectivity index (χ2v) is 4.71. The third kappa shape index (κ3) is 3.57. The van der Waals surface area contributed by atoms with E-state index in [4.69, 9.17) is 4.74 Å². The average molecular weight is 274 g/mol. The lowest BCUT2D eigenvalue weighted by Gasteiger charge is -2.16. The van der Waals surface area contributed by atoms with Crippen molar-refractivity contribution in [1.82, 2.24) is 20.1 Å². The minimum absolute atomic E-state index is 0.0406. The zero-order chi connectivity index (χ0) is 14.4. The molecule has 20 heavy (non-hydrogen) atoms. The monoisotopic (exact) mass is 274 g/mol. The van der Waals surface area contributed by atoms with Crippen molar-refractivity contribution < 1.29 is 4.74 Å². The number of ether oxygens (including phenoxy) is 1. The van der Waals surface area contributed by atoms with Gasteiger partial charge in [-0.05, 0) is 30.7 Å². The number of pyridine rings is 1. The van der Waals surface area contributed by atoms with E-state index in [9.17, 15) is 0 Å². The number of nitrogens with zero attached hydrogens (tertiary/aromatic N) is 3. The van der Waals surface area contributed by atoms with Crippen molar-refractivity contribution in [2.75, 3.05) is 13.2 Å². The zero-order valence-corrected chi connectivity index (χ0v) is 12.3. The van der Waals surface area contributed by atoms with Crippen molar-refractivity contribution in [2.45, 2.75) is 26.3 Å². The fourth-order valence-corrected chi connectivity index (χ4v) is 2.08. The van der Waals surface area contributed by atoms with Crippen molar-refractivity contribution in [2.24, 2.45) is 7.05 Å². The molecule has 5 heteroatoms. The number of rotatable bonds is 7. The summed E-state index contributed by atoms with van der Waals surface area (Å²) in [5, 5.41) is 7.92. The van der Waals surface area contributed by atoms with Gasteiger partial charge in [-0.25, -0.2) is 0 Å². The van der Waals surface area contributed by atoms with Gasteiger partial charge in [0, 0.05) is 19.4 Å². The Hall–Kier alpha value is -1.88. The Labute approximate surface area is 120 Å². The van der Waals surface area contributed by atoms with E-state index in [2.05, 4.69) is 29.2 Å². The zero-order valence-electron chi connectivity index (χ0n) is 12.3. The maximum atomic E-state index is 5.65. The molecule has 0 amide bonds. The summed E-state index contributed by atoms with van der Waals surface area (Å²) in [5.74, 6) is 0.809. The Morgan fingerprint density at radius 2 is 2.20 bits per heavy atom. The van der Waals surface area contributed by atoms with Gasteiger partial charge in [-0.1, -0.05) is 13.8 Å². The quantitative estimate of drug-likeness (QED) is 0.841. The van der Waals surface area contributed by atoms with Gasteiger partial charge in [0.05, 0.1) is 24.5 Å². The molecule has 1 atom stereocenters.